The van der Waals surface area contributed by atoms with Crippen LogP contribution in [0, 0.1) is 0 Å². The van der Waals surface area contributed by atoms with Gasteiger partial charge in [0.05, 0.1) is 11.0 Å². The van der Waals surface area contributed by atoms with E-state index in [1.807, 2.05) is 24.3 Å². The Hall–Kier alpha value is -3.10. The summed E-state index contributed by atoms with van der Waals surface area (Å²) in [7, 11) is 0. The molecule has 0 atom stereocenters. The van der Waals surface area contributed by atoms with E-state index in [0.29, 0.717) is 12.2 Å². The van der Waals surface area contributed by atoms with E-state index in [2.05, 4.69) is 25.0 Å². The quantitative estimate of drug-likeness (QED) is 0.705. The fourth-order valence-corrected chi connectivity index (χ4v) is 2.34. The average Bonchev–Trinajstić information content (AvgIpc) is 3.02. The zero-order valence-electron chi connectivity index (χ0n) is 13.5. The number of aromatic amines is 1. The maximum Gasteiger partial charge on any atom is 0.422 e. The number of nitrogens with zero attached hydrogens (tertiary/aromatic N) is 2. The Labute approximate surface area is 146 Å². The molecule has 0 bridgehead atoms. The van der Waals surface area contributed by atoms with Gasteiger partial charge in [-0.15, -0.1) is 0 Å². The molecule has 2 aromatic heterocycles. The number of ether oxygens (including phenoxy) is 1. The van der Waals surface area contributed by atoms with Crippen molar-refractivity contribution in [1.82, 2.24) is 20.3 Å². The number of amides is 1. The topological polar surface area (TPSA) is 79.9 Å². The molecule has 3 rings (SSSR count). The number of aromatic nitrogens is 3. The molecule has 0 unspecified atom stereocenters. The van der Waals surface area contributed by atoms with Gasteiger partial charge in [-0.25, -0.2) is 9.97 Å². The fourth-order valence-electron chi connectivity index (χ4n) is 2.34. The number of hydrogen-bond acceptors (Lipinski definition) is 4. The Morgan fingerprint density at radius 2 is 2.00 bits per heavy atom. The predicted octanol–water partition coefficient (Wildman–Crippen LogP) is 2.87. The number of H-pyrrole nitrogens is 1. The molecular formula is C17H15F3N4O2. The number of imidazole rings is 1. The van der Waals surface area contributed by atoms with E-state index < -0.39 is 18.7 Å². The lowest BCUT2D eigenvalue weighted by molar-refractivity contribution is -0.154. The Balaban J connectivity index is 1.59. The van der Waals surface area contributed by atoms with Gasteiger partial charge in [0.2, 0.25) is 5.88 Å². The number of alkyl halides is 3. The number of fused-ring (bicyclic) bond motifs is 1. The lowest BCUT2D eigenvalue weighted by Gasteiger charge is -2.11. The van der Waals surface area contributed by atoms with Crippen LogP contribution in [0.4, 0.5) is 13.2 Å². The van der Waals surface area contributed by atoms with Gasteiger partial charge >= 0.3 is 6.18 Å². The Bertz CT molecular complexity index is 875. The zero-order valence-corrected chi connectivity index (χ0v) is 13.5. The molecule has 0 fully saturated rings. The van der Waals surface area contributed by atoms with Gasteiger partial charge in [0.15, 0.2) is 6.61 Å². The number of hydrogen-bond donors (Lipinski definition) is 2. The van der Waals surface area contributed by atoms with E-state index in [-0.39, 0.29) is 18.0 Å². The summed E-state index contributed by atoms with van der Waals surface area (Å²) in [5.74, 6) is -0.219. The third kappa shape index (κ3) is 4.50. The summed E-state index contributed by atoms with van der Waals surface area (Å²) in [6, 6.07) is 10.3. The number of nitrogens with one attached hydrogen (secondary N) is 2. The molecule has 2 heterocycles. The minimum atomic E-state index is -4.51. The second-order valence-corrected chi connectivity index (χ2v) is 5.47. The lowest BCUT2D eigenvalue weighted by Crippen LogP contribution is -2.27. The normalized spacial score (nSPS) is 11.5. The number of pyridine rings is 1. The number of benzene rings is 1. The van der Waals surface area contributed by atoms with Crippen molar-refractivity contribution in [1.29, 1.82) is 0 Å². The van der Waals surface area contributed by atoms with E-state index in [0.717, 1.165) is 11.0 Å². The maximum atomic E-state index is 12.3. The molecule has 0 aliphatic carbocycles. The highest BCUT2D eigenvalue weighted by Crippen LogP contribution is 2.20. The van der Waals surface area contributed by atoms with Crippen molar-refractivity contribution in [3.63, 3.8) is 0 Å². The largest absolute Gasteiger partial charge is 0.467 e. The highest BCUT2D eigenvalue weighted by atomic mass is 19.4. The van der Waals surface area contributed by atoms with Crippen molar-refractivity contribution in [2.75, 3.05) is 13.2 Å². The second-order valence-electron chi connectivity index (χ2n) is 5.47. The van der Waals surface area contributed by atoms with Gasteiger partial charge in [-0.3, -0.25) is 4.79 Å². The lowest BCUT2D eigenvalue weighted by atomic mass is 10.2. The molecule has 26 heavy (non-hydrogen) atoms. The summed E-state index contributed by atoms with van der Waals surface area (Å²) >= 11 is 0. The van der Waals surface area contributed by atoms with E-state index in [1.165, 1.54) is 18.3 Å². The van der Waals surface area contributed by atoms with Crippen molar-refractivity contribution in [2.24, 2.45) is 0 Å². The first-order valence-corrected chi connectivity index (χ1v) is 7.79. The van der Waals surface area contributed by atoms with Crippen LogP contribution >= 0.6 is 0 Å². The SMILES string of the molecule is O=C(NCCc1nc2ccccc2[nH]1)c1cccnc1OCC(F)(F)F. The Morgan fingerprint density at radius 3 is 2.77 bits per heavy atom. The van der Waals surface area contributed by atoms with Crippen LogP contribution in [0.1, 0.15) is 16.2 Å². The number of carbonyl (C=O) groups excluding carboxylic acids is 1. The van der Waals surface area contributed by atoms with Gasteiger partial charge < -0.3 is 15.0 Å². The molecule has 0 radical (unpaired) electrons. The molecule has 1 amide bonds. The summed E-state index contributed by atoms with van der Waals surface area (Å²) < 4.78 is 41.5. The first-order chi connectivity index (χ1) is 12.4. The summed E-state index contributed by atoms with van der Waals surface area (Å²) in [5.41, 5.74) is 1.66. The van der Waals surface area contributed by atoms with Gasteiger partial charge in [0.25, 0.3) is 5.91 Å². The number of rotatable bonds is 6. The fraction of sp³-hybridized carbons (Fsp3) is 0.235. The average molecular weight is 364 g/mol. The highest BCUT2D eigenvalue weighted by molar-refractivity contribution is 5.96. The third-order valence-electron chi connectivity index (χ3n) is 3.47. The number of para-hydroxylation sites is 2. The van der Waals surface area contributed by atoms with Crippen LogP contribution in [0.15, 0.2) is 42.6 Å². The predicted molar refractivity (Wildman–Crippen MR) is 87.9 cm³/mol. The van der Waals surface area contributed by atoms with E-state index in [4.69, 9.17) is 0 Å². The molecule has 9 heteroatoms. The van der Waals surface area contributed by atoms with Crippen molar-refractivity contribution in [2.45, 2.75) is 12.6 Å². The van der Waals surface area contributed by atoms with E-state index in [1.54, 1.807) is 0 Å². The first-order valence-electron chi connectivity index (χ1n) is 7.79. The molecular weight excluding hydrogens is 349 g/mol. The van der Waals surface area contributed by atoms with Crippen molar-refractivity contribution < 1.29 is 22.7 Å². The van der Waals surface area contributed by atoms with Gasteiger partial charge in [-0.1, -0.05) is 12.1 Å². The van der Waals surface area contributed by atoms with Crippen LogP contribution in [0.25, 0.3) is 11.0 Å². The van der Waals surface area contributed by atoms with E-state index >= 15 is 0 Å². The number of carbonyl (C=O) groups is 1. The van der Waals surface area contributed by atoms with Crippen LogP contribution in [0.5, 0.6) is 5.88 Å². The molecule has 0 saturated carbocycles. The summed E-state index contributed by atoms with van der Waals surface area (Å²) in [6.07, 6.45) is -2.80. The van der Waals surface area contributed by atoms with Crippen LogP contribution < -0.4 is 10.1 Å². The van der Waals surface area contributed by atoms with Crippen molar-refractivity contribution in [3.8, 4) is 5.88 Å². The molecule has 3 aromatic rings. The van der Waals surface area contributed by atoms with Gasteiger partial charge in [0.1, 0.15) is 11.4 Å². The van der Waals surface area contributed by atoms with Crippen LogP contribution in [-0.4, -0.2) is 40.2 Å². The Morgan fingerprint density at radius 1 is 1.19 bits per heavy atom. The molecule has 2 N–H and O–H groups in total. The second kappa shape index (κ2) is 7.42. The molecule has 0 aliphatic rings. The maximum absolute atomic E-state index is 12.3. The van der Waals surface area contributed by atoms with Crippen LogP contribution in [-0.2, 0) is 6.42 Å². The first kappa shape index (κ1) is 17.7. The number of halogens is 3. The third-order valence-corrected chi connectivity index (χ3v) is 3.47. The molecule has 0 aliphatic heterocycles. The molecule has 136 valence electrons. The summed E-state index contributed by atoms with van der Waals surface area (Å²) in [6.45, 7) is -1.25. The van der Waals surface area contributed by atoms with E-state index in [9.17, 15) is 18.0 Å². The van der Waals surface area contributed by atoms with Crippen LogP contribution in [0.3, 0.4) is 0 Å². The smallest absolute Gasteiger partial charge is 0.422 e. The van der Waals surface area contributed by atoms with Gasteiger partial charge in [-0.05, 0) is 24.3 Å². The molecule has 1 aromatic carbocycles. The minimum absolute atomic E-state index is 0.0543. The van der Waals surface area contributed by atoms with Gasteiger partial charge in [0, 0.05) is 19.2 Å². The van der Waals surface area contributed by atoms with Crippen molar-refractivity contribution >= 4 is 16.9 Å². The van der Waals surface area contributed by atoms with Gasteiger partial charge in [-0.2, -0.15) is 13.2 Å². The standard InChI is InChI=1S/C17H15F3N4O2/c18-17(19,20)10-26-16-11(4-3-8-22-16)15(25)21-9-7-14-23-12-5-1-2-6-13(12)24-14/h1-6,8H,7,9-10H2,(H,21,25)(H,23,24). The minimum Gasteiger partial charge on any atom is -0.467 e. The zero-order chi connectivity index (χ0) is 18.6. The molecule has 0 saturated heterocycles. The molecule has 6 nitrogen and oxygen atoms in total. The van der Waals surface area contributed by atoms with Crippen LogP contribution in [0.2, 0.25) is 0 Å². The Kier molecular flexibility index (Phi) is 5.06. The summed E-state index contributed by atoms with van der Waals surface area (Å²) in [4.78, 5) is 23.4. The highest BCUT2D eigenvalue weighted by Gasteiger charge is 2.29. The summed E-state index contributed by atoms with van der Waals surface area (Å²) in [5, 5.41) is 2.63. The molecule has 0 spiro atoms. The monoisotopic (exact) mass is 364 g/mol. The van der Waals surface area contributed by atoms with Crippen molar-refractivity contribution in [3.05, 3.63) is 54.0 Å².